The number of esters is 1. The Bertz CT molecular complexity index is 2870. The van der Waals surface area contributed by atoms with E-state index in [-0.39, 0.29) is 17.2 Å². The van der Waals surface area contributed by atoms with Crippen LogP contribution in [-0.4, -0.2) is 5.97 Å². The van der Waals surface area contributed by atoms with Gasteiger partial charge in [-0.3, -0.25) is 4.79 Å². The summed E-state index contributed by atoms with van der Waals surface area (Å²) in [4.78, 5) is 10.5. The molecule has 0 N–H and O–H groups in total. The molecule has 420 valence electrons. The summed E-state index contributed by atoms with van der Waals surface area (Å²) >= 11 is 8.97. The van der Waals surface area contributed by atoms with E-state index in [1.165, 1.54) is 70.6 Å². The molecule has 0 amide bonds. The lowest BCUT2D eigenvalue weighted by Crippen LogP contribution is -2.10. The van der Waals surface area contributed by atoms with Gasteiger partial charge in [0.15, 0.2) is 0 Å². The van der Waals surface area contributed by atoms with Crippen LogP contribution in [0.5, 0.6) is 5.75 Å². The van der Waals surface area contributed by atoms with Gasteiger partial charge in [0.1, 0.15) is 11.6 Å². The standard InChI is InChI=1S/C12H16.C10H10O2.C9H7F3.2C9H10.C8H7Br.C8H7Cl.C8H7F/c1-5-10-6-8-11(9-7-10)12(2,3)4;1-3-9-4-6-10(7-5-9)12-8(2)11;1-2-7-3-5-8(6-4-7)9(10,11)12;1-3-9-6-4-8(2)5-7-9;1-3-9-6-4-5-8(2)7-9;3*1-2-7-3-5-8(9)6-4-7/h5-9H,1H2,2-4H3;3-7H,1H2,2H3;2-6H,1H2;2*3-7H,1H2,2H3;3*2-6H,1H2. The van der Waals surface area contributed by atoms with Gasteiger partial charge in [-0.05, 0) is 130 Å². The van der Waals surface area contributed by atoms with Gasteiger partial charge < -0.3 is 4.74 Å². The Morgan fingerprint density at radius 3 is 1.09 bits per heavy atom. The molecule has 0 spiro atoms. The second-order valence-electron chi connectivity index (χ2n) is 18.3. The molecule has 0 aromatic heterocycles. The van der Waals surface area contributed by atoms with Crippen molar-refractivity contribution in [2.24, 2.45) is 0 Å². The summed E-state index contributed by atoms with van der Waals surface area (Å²) in [6.45, 7) is 41.1. The lowest BCUT2D eigenvalue weighted by molar-refractivity contribution is -0.137. The zero-order chi connectivity index (χ0) is 60.8. The van der Waals surface area contributed by atoms with Crippen LogP contribution in [0.1, 0.15) is 94.5 Å². The number of benzene rings is 8. The Hall–Kier alpha value is -8.36. The number of halogens is 6. The Balaban J connectivity index is 0.000000464. The predicted molar refractivity (Wildman–Crippen MR) is 349 cm³/mol. The molecule has 8 heteroatoms. The monoisotopic (exact) mass is 1170 g/mol. The van der Waals surface area contributed by atoms with E-state index in [4.69, 9.17) is 16.3 Å². The van der Waals surface area contributed by atoms with Crippen LogP contribution in [0.4, 0.5) is 17.6 Å². The lowest BCUT2D eigenvalue weighted by atomic mass is 9.87. The summed E-state index contributed by atoms with van der Waals surface area (Å²) in [5, 5.41) is 0.764. The fraction of sp³-hybridized carbons (Fsp3) is 0.110. The Morgan fingerprint density at radius 2 is 0.765 bits per heavy atom. The third-order valence-corrected chi connectivity index (χ3v) is 11.6. The van der Waals surface area contributed by atoms with Gasteiger partial charge in [0.25, 0.3) is 0 Å². The van der Waals surface area contributed by atoms with Crippen LogP contribution in [0.25, 0.3) is 48.6 Å². The van der Waals surface area contributed by atoms with Crippen molar-refractivity contribution >= 4 is 82.1 Å². The minimum Gasteiger partial charge on any atom is -0.427 e. The highest BCUT2D eigenvalue weighted by Crippen LogP contribution is 2.29. The molecule has 2 nitrogen and oxygen atoms in total. The molecule has 0 fully saturated rings. The first kappa shape index (κ1) is 70.7. The van der Waals surface area contributed by atoms with Crippen molar-refractivity contribution in [1.82, 2.24) is 0 Å². The highest BCUT2D eigenvalue weighted by Gasteiger charge is 2.29. The Morgan fingerprint density at radius 1 is 0.444 bits per heavy atom. The number of alkyl halides is 3. The summed E-state index contributed by atoms with van der Waals surface area (Å²) in [6, 6.07) is 58.8. The Kier molecular flexibility index (Phi) is 34.1. The van der Waals surface area contributed by atoms with Crippen LogP contribution in [0.15, 0.2) is 251 Å². The third kappa shape index (κ3) is 32.3. The van der Waals surface area contributed by atoms with E-state index in [1.807, 2.05) is 97.1 Å². The molecule has 0 aliphatic carbocycles. The molecule has 0 heterocycles. The summed E-state index contributed by atoms with van der Waals surface area (Å²) in [5.74, 6) is 0.0510. The van der Waals surface area contributed by atoms with Crippen molar-refractivity contribution < 1.29 is 27.1 Å². The van der Waals surface area contributed by atoms with Gasteiger partial charge >= 0.3 is 12.1 Å². The molecule has 0 radical (unpaired) electrons. The molecule has 8 aromatic carbocycles. The topological polar surface area (TPSA) is 26.3 Å². The van der Waals surface area contributed by atoms with Gasteiger partial charge in [0.05, 0.1) is 5.56 Å². The fourth-order valence-corrected chi connectivity index (χ4v) is 6.45. The van der Waals surface area contributed by atoms with E-state index < -0.39 is 11.7 Å². The van der Waals surface area contributed by atoms with Crippen molar-refractivity contribution in [2.45, 2.75) is 53.1 Å². The van der Waals surface area contributed by atoms with E-state index in [0.717, 1.165) is 43.9 Å². The number of carbonyl (C=O) groups excluding carboxylic acids is 1. The Labute approximate surface area is 494 Å². The van der Waals surface area contributed by atoms with Crippen LogP contribution in [-0.2, 0) is 16.4 Å². The molecular formula is C73H74BrClF4O2. The molecule has 0 unspecified atom stereocenters. The summed E-state index contributed by atoms with van der Waals surface area (Å²) in [7, 11) is 0. The number of hydrogen-bond donors (Lipinski definition) is 0. The highest BCUT2D eigenvalue weighted by molar-refractivity contribution is 9.10. The maximum absolute atomic E-state index is 12.2. The predicted octanol–water partition coefficient (Wildman–Crippen LogP) is 23.1. The fourth-order valence-electron chi connectivity index (χ4n) is 6.06. The minimum absolute atomic E-state index is 0.208. The zero-order valence-corrected chi connectivity index (χ0v) is 49.7. The molecule has 0 aliphatic rings. The molecule has 81 heavy (non-hydrogen) atoms. The molecule has 8 rings (SSSR count). The second-order valence-corrected chi connectivity index (χ2v) is 19.6. The first-order valence-corrected chi connectivity index (χ1v) is 26.6. The first-order chi connectivity index (χ1) is 38.4. The van der Waals surface area contributed by atoms with Crippen molar-refractivity contribution in [2.75, 3.05) is 0 Å². The van der Waals surface area contributed by atoms with Gasteiger partial charge in [-0.2, -0.15) is 13.2 Å². The van der Waals surface area contributed by atoms with Crippen LogP contribution >= 0.6 is 27.5 Å². The SMILES string of the molecule is C=Cc1ccc(Br)cc1.C=Cc1ccc(C(C)(C)C)cc1.C=Cc1ccc(C(F)(F)F)cc1.C=Cc1ccc(C)cc1.C=Cc1ccc(Cl)cc1.C=Cc1ccc(F)cc1.C=Cc1ccc(OC(C)=O)cc1.C=Cc1cccc(C)c1. The van der Waals surface area contributed by atoms with E-state index in [0.29, 0.717) is 11.3 Å². The third-order valence-electron chi connectivity index (χ3n) is 10.8. The van der Waals surface area contributed by atoms with E-state index in [2.05, 4.69) is 164 Å². The smallest absolute Gasteiger partial charge is 0.416 e. The van der Waals surface area contributed by atoms with Crippen molar-refractivity contribution in [3.05, 3.63) is 329 Å². The zero-order valence-electron chi connectivity index (χ0n) is 47.3. The van der Waals surface area contributed by atoms with Crippen LogP contribution < -0.4 is 4.74 Å². The number of carbonyl (C=O) groups is 1. The van der Waals surface area contributed by atoms with E-state index in [1.54, 1.807) is 42.5 Å². The van der Waals surface area contributed by atoms with Crippen LogP contribution in [0.3, 0.4) is 0 Å². The maximum Gasteiger partial charge on any atom is 0.416 e. The minimum atomic E-state index is -4.25. The van der Waals surface area contributed by atoms with Gasteiger partial charge in [-0.15, -0.1) is 0 Å². The quantitative estimate of drug-likeness (QED) is 0.0818. The lowest BCUT2D eigenvalue weighted by Gasteiger charge is -2.18. The van der Waals surface area contributed by atoms with Gasteiger partial charge in [0, 0.05) is 16.4 Å². The maximum atomic E-state index is 12.2. The molecule has 0 saturated carbocycles. The average molecular weight is 1170 g/mol. The van der Waals surface area contributed by atoms with Gasteiger partial charge in [0.2, 0.25) is 0 Å². The number of ether oxygens (including phenoxy) is 1. The normalized spacial score (nSPS) is 9.68. The average Bonchev–Trinajstić information content (AvgIpc) is 3.47. The van der Waals surface area contributed by atoms with Crippen LogP contribution in [0, 0.1) is 19.7 Å². The second kappa shape index (κ2) is 39.1. The summed E-state index contributed by atoms with van der Waals surface area (Å²) in [6.07, 6.45) is 9.85. The molecule has 0 saturated heterocycles. The van der Waals surface area contributed by atoms with Gasteiger partial charge in [-0.1, -0.05) is 294 Å². The van der Waals surface area contributed by atoms with Crippen molar-refractivity contribution in [3.8, 4) is 5.75 Å². The summed E-state index contributed by atoms with van der Waals surface area (Å²) < 4.78 is 54.1. The van der Waals surface area contributed by atoms with Gasteiger partial charge in [-0.25, -0.2) is 4.39 Å². The number of rotatable bonds is 9. The molecular weight excluding hydrogens is 1100 g/mol. The number of aryl methyl sites for hydroxylation is 2. The van der Waals surface area contributed by atoms with E-state index in [9.17, 15) is 22.4 Å². The van der Waals surface area contributed by atoms with E-state index >= 15 is 0 Å². The molecule has 0 atom stereocenters. The van der Waals surface area contributed by atoms with Crippen LogP contribution in [0.2, 0.25) is 5.02 Å². The molecule has 0 bridgehead atoms. The first-order valence-electron chi connectivity index (χ1n) is 25.4. The molecule has 8 aromatic rings. The highest BCUT2D eigenvalue weighted by atomic mass is 79.9. The van der Waals surface area contributed by atoms with Crippen molar-refractivity contribution in [3.63, 3.8) is 0 Å². The van der Waals surface area contributed by atoms with Crippen molar-refractivity contribution in [1.29, 1.82) is 0 Å². The number of hydrogen-bond acceptors (Lipinski definition) is 2. The summed E-state index contributed by atoms with van der Waals surface area (Å²) in [5.41, 5.74) is 12.0. The largest absolute Gasteiger partial charge is 0.427 e. The molecule has 0 aliphatic heterocycles.